The van der Waals surface area contributed by atoms with Crippen molar-refractivity contribution >= 4 is 22.9 Å². The summed E-state index contributed by atoms with van der Waals surface area (Å²) in [5, 5.41) is 3.43. The molecule has 0 atom stereocenters. The molecule has 78 valence electrons. The minimum absolute atomic E-state index is 0.348. The molecule has 0 unspecified atom stereocenters. The monoisotopic (exact) mass is 231 g/mol. The Hall–Kier alpha value is -0.0900. The molecule has 1 N–H and O–H groups in total. The number of hydrogen-bond donors (Lipinski definition) is 1. The van der Waals surface area contributed by atoms with Gasteiger partial charge < -0.3 is 10.1 Å². The van der Waals surface area contributed by atoms with Gasteiger partial charge in [0.25, 0.3) is 0 Å². The Morgan fingerprint density at radius 1 is 1.57 bits per heavy atom. The highest BCUT2D eigenvalue weighted by atomic mass is 35.5. The van der Waals surface area contributed by atoms with Crippen molar-refractivity contribution in [3.63, 3.8) is 0 Å². The number of thiophene rings is 1. The lowest BCUT2D eigenvalue weighted by Gasteiger charge is -2.38. The van der Waals surface area contributed by atoms with E-state index in [1.165, 1.54) is 4.88 Å². The van der Waals surface area contributed by atoms with Gasteiger partial charge in [0, 0.05) is 23.4 Å². The molecule has 2 heterocycles. The van der Waals surface area contributed by atoms with Crippen LogP contribution in [0.5, 0.6) is 0 Å². The highest BCUT2D eigenvalue weighted by Gasteiger charge is 2.32. The zero-order valence-corrected chi connectivity index (χ0v) is 9.75. The topological polar surface area (TPSA) is 21.3 Å². The highest BCUT2D eigenvalue weighted by molar-refractivity contribution is 7.16. The summed E-state index contributed by atoms with van der Waals surface area (Å²) in [6.07, 6.45) is 0. The Labute approximate surface area is 93.2 Å². The lowest BCUT2D eigenvalue weighted by molar-refractivity contribution is -0.0991. The lowest BCUT2D eigenvalue weighted by atomic mass is 9.89. The van der Waals surface area contributed by atoms with E-state index in [0.717, 1.165) is 30.6 Å². The molecule has 1 aromatic rings. The second kappa shape index (κ2) is 4.19. The van der Waals surface area contributed by atoms with Gasteiger partial charge in [0.1, 0.15) is 0 Å². The zero-order chi connectivity index (χ0) is 10.0. The summed E-state index contributed by atoms with van der Waals surface area (Å²) in [5.74, 6) is 0. The molecule has 1 aromatic heterocycles. The number of ether oxygens (including phenoxy) is 1. The number of halogens is 1. The fourth-order valence-electron chi connectivity index (χ4n) is 1.49. The maximum Gasteiger partial charge on any atom is 0.0931 e. The van der Waals surface area contributed by atoms with Gasteiger partial charge in [0.2, 0.25) is 0 Å². The van der Waals surface area contributed by atoms with E-state index in [0.29, 0.717) is 5.41 Å². The second-order valence-electron chi connectivity index (χ2n) is 4.11. The smallest absolute Gasteiger partial charge is 0.0931 e. The van der Waals surface area contributed by atoms with Gasteiger partial charge in [0.15, 0.2) is 0 Å². The first-order chi connectivity index (χ1) is 6.68. The van der Waals surface area contributed by atoms with Gasteiger partial charge in [-0.25, -0.2) is 0 Å². The average molecular weight is 232 g/mol. The van der Waals surface area contributed by atoms with Crippen LogP contribution in [0.25, 0.3) is 0 Å². The quantitative estimate of drug-likeness (QED) is 0.860. The number of rotatable bonds is 4. The molecule has 0 spiro atoms. The third-order valence-corrected chi connectivity index (χ3v) is 3.61. The van der Waals surface area contributed by atoms with Crippen molar-refractivity contribution in [2.45, 2.75) is 13.5 Å². The molecular formula is C10H14ClNOS. The van der Waals surface area contributed by atoms with Crippen molar-refractivity contribution in [2.24, 2.45) is 5.41 Å². The molecule has 1 fully saturated rings. The fraction of sp³-hybridized carbons (Fsp3) is 0.600. The minimum atomic E-state index is 0.348. The Kier molecular flexibility index (Phi) is 3.12. The molecule has 0 aliphatic carbocycles. The standard InChI is InChI=1S/C10H14ClNOS/c1-10(6-13-7-10)5-12-4-8-2-3-9(11)14-8/h2-3,12H,4-7H2,1H3. The molecule has 14 heavy (non-hydrogen) atoms. The van der Waals surface area contributed by atoms with E-state index >= 15 is 0 Å². The van der Waals surface area contributed by atoms with Crippen molar-refractivity contribution in [1.29, 1.82) is 0 Å². The van der Waals surface area contributed by atoms with E-state index in [2.05, 4.69) is 18.3 Å². The summed E-state index contributed by atoms with van der Waals surface area (Å²) >= 11 is 7.47. The Morgan fingerprint density at radius 3 is 2.86 bits per heavy atom. The molecule has 1 saturated heterocycles. The summed E-state index contributed by atoms with van der Waals surface area (Å²) < 4.78 is 6.05. The van der Waals surface area contributed by atoms with Crippen LogP contribution in [0.1, 0.15) is 11.8 Å². The molecule has 0 bridgehead atoms. The van der Waals surface area contributed by atoms with Gasteiger partial charge in [-0.1, -0.05) is 18.5 Å². The average Bonchev–Trinajstić information content (AvgIpc) is 2.49. The van der Waals surface area contributed by atoms with Crippen molar-refractivity contribution < 1.29 is 4.74 Å². The Bertz CT molecular complexity index is 309. The number of hydrogen-bond acceptors (Lipinski definition) is 3. The van der Waals surface area contributed by atoms with Crippen LogP contribution in [-0.4, -0.2) is 19.8 Å². The van der Waals surface area contributed by atoms with E-state index in [9.17, 15) is 0 Å². The molecule has 2 rings (SSSR count). The van der Waals surface area contributed by atoms with Crippen molar-refractivity contribution in [2.75, 3.05) is 19.8 Å². The summed E-state index contributed by atoms with van der Waals surface area (Å²) in [7, 11) is 0. The Balaban J connectivity index is 1.72. The summed E-state index contributed by atoms with van der Waals surface area (Å²) in [4.78, 5) is 1.29. The lowest BCUT2D eigenvalue weighted by Crippen LogP contribution is -2.47. The van der Waals surface area contributed by atoms with Gasteiger partial charge in [-0.05, 0) is 12.1 Å². The second-order valence-corrected chi connectivity index (χ2v) is 5.91. The van der Waals surface area contributed by atoms with Gasteiger partial charge in [-0.2, -0.15) is 0 Å². The molecule has 4 heteroatoms. The summed E-state index contributed by atoms with van der Waals surface area (Å²) in [5.41, 5.74) is 0.348. The predicted octanol–water partition coefficient (Wildman–Crippen LogP) is 2.53. The molecular weight excluding hydrogens is 218 g/mol. The van der Waals surface area contributed by atoms with E-state index < -0.39 is 0 Å². The van der Waals surface area contributed by atoms with Crippen molar-refractivity contribution in [1.82, 2.24) is 5.32 Å². The van der Waals surface area contributed by atoms with Crippen LogP contribution < -0.4 is 5.32 Å². The van der Waals surface area contributed by atoms with Crippen LogP contribution >= 0.6 is 22.9 Å². The molecule has 0 amide bonds. The predicted molar refractivity (Wildman–Crippen MR) is 60.0 cm³/mol. The molecule has 1 aliphatic rings. The normalized spacial score (nSPS) is 19.3. The van der Waals surface area contributed by atoms with Gasteiger partial charge in [-0.3, -0.25) is 0 Å². The highest BCUT2D eigenvalue weighted by Crippen LogP contribution is 2.26. The van der Waals surface area contributed by atoms with Crippen LogP contribution in [0.2, 0.25) is 4.34 Å². The largest absolute Gasteiger partial charge is 0.380 e. The molecule has 2 nitrogen and oxygen atoms in total. The minimum Gasteiger partial charge on any atom is -0.380 e. The van der Waals surface area contributed by atoms with Crippen LogP contribution in [-0.2, 0) is 11.3 Å². The van der Waals surface area contributed by atoms with Crippen LogP contribution in [0.4, 0.5) is 0 Å². The van der Waals surface area contributed by atoms with E-state index in [1.807, 2.05) is 6.07 Å². The molecule has 0 aromatic carbocycles. The molecule has 0 saturated carbocycles. The van der Waals surface area contributed by atoms with Crippen molar-refractivity contribution in [3.05, 3.63) is 21.3 Å². The van der Waals surface area contributed by atoms with Gasteiger partial charge in [-0.15, -0.1) is 11.3 Å². The van der Waals surface area contributed by atoms with E-state index in [4.69, 9.17) is 16.3 Å². The van der Waals surface area contributed by atoms with E-state index in [-0.39, 0.29) is 0 Å². The van der Waals surface area contributed by atoms with Gasteiger partial charge >= 0.3 is 0 Å². The van der Waals surface area contributed by atoms with Crippen LogP contribution in [0, 0.1) is 5.41 Å². The summed E-state index contributed by atoms with van der Waals surface area (Å²) in [6, 6.07) is 4.01. The third kappa shape index (κ3) is 2.48. The van der Waals surface area contributed by atoms with Gasteiger partial charge in [0.05, 0.1) is 17.6 Å². The van der Waals surface area contributed by atoms with E-state index in [1.54, 1.807) is 11.3 Å². The van der Waals surface area contributed by atoms with Crippen LogP contribution in [0.15, 0.2) is 12.1 Å². The third-order valence-electron chi connectivity index (χ3n) is 2.38. The number of nitrogens with one attached hydrogen (secondary N) is 1. The fourth-order valence-corrected chi connectivity index (χ4v) is 2.54. The SMILES string of the molecule is CC1(CNCc2ccc(Cl)s2)COC1. The van der Waals surface area contributed by atoms with Crippen LogP contribution in [0.3, 0.4) is 0 Å². The van der Waals surface area contributed by atoms with Crippen molar-refractivity contribution in [3.8, 4) is 0 Å². The maximum atomic E-state index is 5.84. The summed E-state index contributed by atoms with van der Waals surface area (Å²) in [6.45, 7) is 5.93. The Morgan fingerprint density at radius 2 is 2.36 bits per heavy atom. The molecule has 1 aliphatic heterocycles. The first kappa shape index (κ1) is 10.4. The zero-order valence-electron chi connectivity index (χ0n) is 8.18. The first-order valence-corrected chi connectivity index (χ1v) is 5.90. The molecule has 0 radical (unpaired) electrons. The first-order valence-electron chi connectivity index (χ1n) is 4.71. The maximum absolute atomic E-state index is 5.84.